The number of sulfonamides is 1. The second kappa shape index (κ2) is 6.17. The van der Waals surface area contributed by atoms with Crippen LogP contribution in [0.15, 0.2) is 35.5 Å². The predicted octanol–water partition coefficient (Wildman–Crippen LogP) is 2.07. The summed E-state index contributed by atoms with van der Waals surface area (Å²) >= 11 is 0. The van der Waals surface area contributed by atoms with Gasteiger partial charge >= 0.3 is 0 Å². The van der Waals surface area contributed by atoms with Gasteiger partial charge in [0.2, 0.25) is 10.0 Å². The average Bonchev–Trinajstić information content (AvgIpc) is 3.35. The van der Waals surface area contributed by atoms with Crippen molar-refractivity contribution in [1.29, 1.82) is 0 Å². The Balaban J connectivity index is 1.60. The zero-order chi connectivity index (χ0) is 18.6. The van der Waals surface area contributed by atoms with E-state index in [1.165, 1.54) is 4.31 Å². The van der Waals surface area contributed by atoms with Crippen molar-refractivity contribution < 1.29 is 13.2 Å². The molecule has 7 nitrogen and oxygen atoms in total. The van der Waals surface area contributed by atoms with Crippen molar-refractivity contribution in [3.8, 4) is 5.69 Å². The number of nitrogens with zero attached hydrogens (tertiary/aromatic N) is 3. The highest BCUT2D eigenvalue weighted by Gasteiger charge is 2.38. The molecular formula is C19H22N4O3S. The maximum atomic E-state index is 13.3. The molecule has 1 amide bonds. The number of hydrogen-bond acceptors (Lipinski definition) is 4. The Labute approximate surface area is 158 Å². The van der Waals surface area contributed by atoms with Crippen LogP contribution in [0.5, 0.6) is 0 Å². The number of rotatable bonds is 4. The van der Waals surface area contributed by atoms with E-state index in [4.69, 9.17) is 0 Å². The number of amides is 1. The minimum absolute atomic E-state index is 0.168. The van der Waals surface area contributed by atoms with Gasteiger partial charge in [-0.15, -0.1) is 0 Å². The standard InChI is InChI=1S/C19H22N4O3S/c24-19(21-14-4-3-5-14)18-16-11-22(10-13-8-9-13)27(25,26)17-7-2-1-6-15(17)23(16)12-20-18/h1-2,6-7,12-14H,3-5,8-11H2,(H,21,24). The molecule has 0 saturated heterocycles. The van der Waals surface area contributed by atoms with Crippen LogP contribution >= 0.6 is 0 Å². The summed E-state index contributed by atoms with van der Waals surface area (Å²) in [6.45, 7) is 0.659. The van der Waals surface area contributed by atoms with Crippen LogP contribution in [0.25, 0.3) is 5.69 Å². The number of para-hydroxylation sites is 1. The van der Waals surface area contributed by atoms with E-state index in [9.17, 15) is 13.2 Å². The van der Waals surface area contributed by atoms with E-state index < -0.39 is 10.0 Å². The lowest BCUT2D eigenvalue weighted by Gasteiger charge is -2.26. The Kier molecular flexibility index (Phi) is 3.87. The maximum Gasteiger partial charge on any atom is 0.272 e. The van der Waals surface area contributed by atoms with Gasteiger partial charge in [-0.2, -0.15) is 4.31 Å². The SMILES string of the molecule is O=C(NC1CCC1)c1ncn2c1CN(CC1CC1)S(=O)(=O)c1ccccc1-2. The van der Waals surface area contributed by atoms with Crippen LogP contribution in [0.2, 0.25) is 0 Å². The number of imidazole rings is 1. The Bertz CT molecular complexity index is 1010. The van der Waals surface area contributed by atoms with Crippen molar-refractivity contribution in [2.24, 2.45) is 5.92 Å². The first kappa shape index (κ1) is 16.9. The Hall–Kier alpha value is -2.19. The molecule has 0 spiro atoms. The number of nitrogens with one attached hydrogen (secondary N) is 1. The van der Waals surface area contributed by atoms with Crippen LogP contribution in [0.4, 0.5) is 0 Å². The van der Waals surface area contributed by atoms with Crippen LogP contribution in [0.1, 0.15) is 48.3 Å². The zero-order valence-corrected chi connectivity index (χ0v) is 15.8. The van der Waals surface area contributed by atoms with Crippen LogP contribution in [-0.2, 0) is 16.6 Å². The Morgan fingerprint density at radius 1 is 1.19 bits per heavy atom. The Morgan fingerprint density at radius 2 is 1.96 bits per heavy atom. The number of carbonyl (C=O) groups is 1. The van der Waals surface area contributed by atoms with Gasteiger partial charge in [0.1, 0.15) is 11.2 Å². The predicted molar refractivity (Wildman–Crippen MR) is 99.0 cm³/mol. The minimum atomic E-state index is -3.62. The van der Waals surface area contributed by atoms with E-state index in [1.54, 1.807) is 29.1 Å². The fraction of sp³-hybridized carbons (Fsp3) is 0.474. The summed E-state index contributed by atoms with van der Waals surface area (Å²) in [4.78, 5) is 17.4. The van der Waals surface area contributed by atoms with E-state index in [-0.39, 0.29) is 23.4 Å². The third kappa shape index (κ3) is 2.87. The van der Waals surface area contributed by atoms with E-state index in [1.807, 2.05) is 6.07 Å². The van der Waals surface area contributed by atoms with Crippen LogP contribution in [0.3, 0.4) is 0 Å². The molecular weight excluding hydrogens is 364 g/mol. The minimum Gasteiger partial charge on any atom is -0.348 e. The molecule has 1 aromatic heterocycles. The molecule has 1 N–H and O–H groups in total. The molecule has 8 heteroatoms. The van der Waals surface area contributed by atoms with E-state index >= 15 is 0 Å². The van der Waals surface area contributed by atoms with Gasteiger partial charge < -0.3 is 5.32 Å². The van der Waals surface area contributed by atoms with Gasteiger partial charge in [0.05, 0.1) is 17.9 Å². The number of benzene rings is 1. The van der Waals surface area contributed by atoms with E-state index in [0.717, 1.165) is 32.1 Å². The van der Waals surface area contributed by atoms with Crippen LogP contribution in [-0.4, -0.2) is 40.8 Å². The fourth-order valence-corrected chi connectivity index (χ4v) is 5.40. The first-order valence-corrected chi connectivity index (χ1v) is 10.9. The molecule has 2 saturated carbocycles. The quantitative estimate of drug-likeness (QED) is 0.872. The van der Waals surface area contributed by atoms with Gasteiger partial charge in [-0.25, -0.2) is 13.4 Å². The summed E-state index contributed by atoms with van der Waals surface area (Å²) in [5, 5.41) is 3.02. The first-order valence-electron chi connectivity index (χ1n) is 9.50. The number of carbonyl (C=O) groups excluding carboxylic acids is 1. The largest absolute Gasteiger partial charge is 0.348 e. The molecule has 142 valence electrons. The average molecular weight is 386 g/mol. The lowest BCUT2D eigenvalue weighted by atomic mass is 9.93. The van der Waals surface area contributed by atoms with Gasteiger partial charge in [-0.3, -0.25) is 9.36 Å². The van der Waals surface area contributed by atoms with Gasteiger partial charge in [0, 0.05) is 12.6 Å². The summed E-state index contributed by atoms with van der Waals surface area (Å²) in [6, 6.07) is 7.15. The van der Waals surface area contributed by atoms with Crippen molar-refractivity contribution in [2.75, 3.05) is 6.54 Å². The second-order valence-corrected chi connectivity index (χ2v) is 9.63. The summed E-state index contributed by atoms with van der Waals surface area (Å²) in [7, 11) is -3.62. The molecule has 27 heavy (non-hydrogen) atoms. The molecule has 0 bridgehead atoms. The second-order valence-electron chi connectivity index (χ2n) is 7.72. The van der Waals surface area contributed by atoms with Gasteiger partial charge in [0.15, 0.2) is 5.69 Å². The van der Waals surface area contributed by atoms with Gasteiger partial charge in [-0.05, 0) is 50.2 Å². The molecule has 2 heterocycles. The lowest BCUT2D eigenvalue weighted by Crippen LogP contribution is -2.40. The van der Waals surface area contributed by atoms with Crippen molar-refractivity contribution in [2.45, 2.75) is 49.6 Å². The third-order valence-corrected chi connectivity index (χ3v) is 7.61. The molecule has 0 radical (unpaired) electrons. The molecule has 2 fully saturated rings. The van der Waals surface area contributed by atoms with E-state index in [0.29, 0.717) is 29.5 Å². The number of hydrogen-bond donors (Lipinski definition) is 1. The first-order chi connectivity index (χ1) is 13.0. The lowest BCUT2D eigenvalue weighted by molar-refractivity contribution is 0.0910. The third-order valence-electron chi connectivity index (χ3n) is 5.75. The van der Waals surface area contributed by atoms with Crippen molar-refractivity contribution in [1.82, 2.24) is 19.2 Å². The molecule has 5 rings (SSSR count). The smallest absolute Gasteiger partial charge is 0.272 e. The summed E-state index contributed by atoms with van der Waals surface area (Å²) < 4.78 is 29.8. The highest BCUT2D eigenvalue weighted by atomic mass is 32.2. The number of fused-ring (bicyclic) bond motifs is 3. The maximum absolute atomic E-state index is 13.3. The van der Waals surface area contributed by atoms with Crippen molar-refractivity contribution in [3.05, 3.63) is 42.0 Å². The van der Waals surface area contributed by atoms with Crippen LogP contribution < -0.4 is 5.32 Å². The van der Waals surface area contributed by atoms with Gasteiger partial charge in [-0.1, -0.05) is 12.1 Å². The molecule has 2 aliphatic carbocycles. The monoisotopic (exact) mass is 386 g/mol. The van der Waals surface area contributed by atoms with Gasteiger partial charge in [0.25, 0.3) is 5.91 Å². The van der Waals surface area contributed by atoms with Crippen molar-refractivity contribution >= 4 is 15.9 Å². The zero-order valence-electron chi connectivity index (χ0n) is 15.0. The fourth-order valence-electron chi connectivity index (χ4n) is 3.74. The van der Waals surface area contributed by atoms with Crippen molar-refractivity contribution in [3.63, 3.8) is 0 Å². The summed E-state index contributed by atoms with van der Waals surface area (Å²) in [5.41, 5.74) is 1.52. The Morgan fingerprint density at radius 3 is 2.67 bits per heavy atom. The molecule has 1 aliphatic heterocycles. The molecule has 3 aliphatic rings. The molecule has 2 aromatic rings. The topological polar surface area (TPSA) is 84.3 Å². The summed E-state index contributed by atoms with van der Waals surface area (Å²) in [5.74, 6) is 0.199. The number of aromatic nitrogens is 2. The highest BCUT2D eigenvalue weighted by Crippen LogP contribution is 2.36. The van der Waals surface area contributed by atoms with Crippen LogP contribution in [0, 0.1) is 5.92 Å². The molecule has 0 unspecified atom stereocenters. The van der Waals surface area contributed by atoms with E-state index in [2.05, 4.69) is 10.3 Å². The normalized spacial score (nSPS) is 21.6. The summed E-state index contributed by atoms with van der Waals surface area (Å²) in [6.07, 6.45) is 6.80. The highest BCUT2D eigenvalue weighted by molar-refractivity contribution is 7.89. The molecule has 0 atom stereocenters. The molecule has 1 aromatic carbocycles.